The van der Waals surface area contributed by atoms with Gasteiger partial charge in [-0.2, -0.15) is 0 Å². The van der Waals surface area contributed by atoms with Gasteiger partial charge in [-0.1, -0.05) is 30.3 Å². The molecule has 1 aliphatic rings. The molecule has 2 aromatic carbocycles. The number of rotatable bonds is 4. The molecular formula is C20H23N3O3. The zero-order valence-electron chi connectivity index (χ0n) is 14.8. The fraction of sp³-hybridized carbons (Fsp3) is 0.300. The van der Waals surface area contributed by atoms with E-state index < -0.39 is 0 Å². The van der Waals surface area contributed by atoms with E-state index in [1.807, 2.05) is 48.5 Å². The fourth-order valence-corrected chi connectivity index (χ4v) is 3.20. The zero-order chi connectivity index (χ0) is 18.5. The van der Waals surface area contributed by atoms with Crippen molar-refractivity contribution in [1.29, 1.82) is 0 Å². The van der Waals surface area contributed by atoms with E-state index in [1.54, 1.807) is 12.0 Å². The van der Waals surface area contributed by atoms with Gasteiger partial charge in [-0.3, -0.25) is 4.79 Å². The van der Waals surface area contributed by atoms with E-state index in [-0.39, 0.29) is 17.9 Å². The summed E-state index contributed by atoms with van der Waals surface area (Å²) in [4.78, 5) is 25.7. The van der Waals surface area contributed by atoms with Gasteiger partial charge in [0.15, 0.2) is 0 Å². The topological polar surface area (TPSA) is 84.7 Å². The highest BCUT2D eigenvalue weighted by Crippen LogP contribution is 2.29. The molecule has 0 spiro atoms. The number of nitrogens with one attached hydrogen (secondary N) is 1. The highest BCUT2D eigenvalue weighted by Gasteiger charge is 2.27. The summed E-state index contributed by atoms with van der Waals surface area (Å²) in [6.07, 6.45) is 1.52. The molecule has 26 heavy (non-hydrogen) atoms. The number of urea groups is 1. The van der Waals surface area contributed by atoms with Gasteiger partial charge in [-0.25, -0.2) is 4.79 Å². The summed E-state index contributed by atoms with van der Waals surface area (Å²) in [5, 5.41) is 2.97. The fourth-order valence-electron chi connectivity index (χ4n) is 3.20. The minimum atomic E-state index is -0.346. The number of amides is 3. The molecule has 3 rings (SSSR count). The summed E-state index contributed by atoms with van der Waals surface area (Å²) in [5.74, 6) is 0.161. The average Bonchev–Trinajstić information content (AvgIpc) is 2.68. The minimum Gasteiger partial charge on any atom is -0.497 e. The minimum absolute atomic E-state index is 0.211. The van der Waals surface area contributed by atoms with Crippen molar-refractivity contribution in [3.63, 3.8) is 0 Å². The molecule has 2 aromatic rings. The molecule has 1 atom stereocenters. The highest BCUT2D eigenvalue weighted by atomic mass is 16.5. The van der Waals surface area contributed by atoms with E-state index in [1.165, 1.54) is 0 Å². The molecule has 0 unspecified atom stereocenters. The number of hydrogen-bond donors (Lipinski definition) is 2. The lowest BCUT2D eigenvalue weighted by atomic mass is 9.98. The normalized spacial score (nSPS) is 16.8. The predicted molar refractivity (Wildman–Crippen MR) is 101 cm³/mol. The molecule has 1 fully saturated rings. The molecule has 0 saturated carbocycles. The number of benzene rings is 2. The van der Waals surface area contributed by atoms with Crippen molar-refractivity contribution in [1.82, 2.24) is 4.90 Å². The molecule has 3 N–H and O–H groups in total. The van der Waals surface area contributed by atoms with Crippen molar-refractivity contribution < 1.29 is 14.3 Å². The summed E-state index contributed by atoms with van der Waals surface area (Å²) < 4.78 is 5.19. The van der Waals surface area contributed by atoms with Crippen molar-refractivity contribution in [2.24, 2.45) is 11.7 Å². The average molecular weight is 353 g/mol. The Hall–Kier alpha value is -3.02. The third-order valence-electron chi connectivity index (χ3n) is 4.68. The van der Waals surface area contributed by atoms with Gasteiger partial charge in [0, 0.05) is 18.7 Å². The van der Waals surface area contributed by atoms with Gasteiger partial charge in [0.1, 0.15) is 5.75 Å². The Morgan fingerprint density at radius 1 is 1.15 bits per heavy atom. The Balaban J connectivity index is 1.77. The molecule has 0 aliphatic carbocycles. The quantitative estimate of drug-likeness (QED) is 0.886. The lowest BCUT2D eigenvalue weighted by Crippen LogP contribution is -2.45. The second-order valence-electron chi connectivity index (χ2n) is 6.39. The maximum absolute atomic E-state index is 12.7. The standard InChI is InChI=1S/C20H23N3O3/c1-26-16-10-8-14(9-11-16)17-6-2-3-7-18(17)22-20(25)23-12-4-5-15(13-23)19(21)24/h2-3,6-11,15H,4-5,12-13H2,1H3,(H2,21,24)(H,22,25)/t15-/m1/s1. The number of likely N-dealkylation sites (tertiary alicyclic amines) is 1. The molecule has 1 saturated heterocycles. The van der Waals surface area contributed by atoms with Crippen LogP contribution < -0.4 is 15.8 Å². The largest absolute Gasteiger partial charge is 0.497 e. The summed E-state index contributed by atoms with van der Waals surface area (Å²) in [6.45, 7) is 0.992. The zero-order valence-corrected chi connectivity index (χ0v) is 14.8. The smallest absolute Gasteiger partial charge is 0.321 e. The monoisotopic (exact) mass is 353 g/mol. The first-order chi connectivity index (χ1) is 12.6. The number of primary amides is 1. The van der Waals surface area contributed by atoms with Crippen LogP contribution in [0.2, 0.25) is 0 Å². The molecule has 0 aromatic heterocycles. The van der Waals surface area contributed by atoms with Crippen molar-refractivity contribution in [2.75, 3.05) is 25.5 Å². The number of anilines is 1. The van der Waals surface area contributed by atoms with E-state index in [9.17, 15) is 9.59 Å². The van der Waals surface area contributed by atoms with E-state index in [2.05, 4.69) is 5.32 Å². The van der Waals surface area contributed by atoms with Gasteiger partial charge in [0.05, 0.1) is 18.7 Å². The highest BCUT2D eigenvalue weighted by molar-refractivity contribution is 5.94. The number of ether oxygens (including phenoxy) is 1. The van der Waals surface area contributed by atoms with Gasteiger partial charge in [0.25, 0.3) is 0 Å². The van der Waals surface area contributed by atoms with Crippen molar-refractivity contribution in [3.05, 3.63) is 48.5 Å². The molecule has 1 heterocycles. The van der Waals surface area contributed by atoms with E-state index >= 15 is 0 Å². The van der Waals surface area contributed by atoms with Crippen LogP contribution in [-0.4, -0.2) is 37.0 Å². The Morgan fingerprint density at radius 3 is 2.58 bits per heavy atom. The summed E-state index contributed by atoms with van der Waals surface area (Å²) in [6, 6.07) is 15.1. The van der Waals surface area contributed by atoms with Crippen LogP contribution in [0.15, 0.2) is 48.5 Å². The first kappa shape index (κ1) is 17.8. The first-order valence-electron chi connectivity index (χ1n) is 8.67. The van der Waals surface area contributed by atoms with Gasteiger partial charge in [-0.05, 0) is 36.6 Å². The number of carbonyl (C=O) groups excluding carboxylic acids is 2. The van der Waals surface area contributed by atoms with Crippen LogP contribution >= 0.6 is 0 Å². The van der Waals surface area contributed by atoms with Crippen LogP contribution in [0.1, 0.15) is 12.8 Å². The molecule has 6 heteroatoms. The second-order valence-corrected chi connectivity index (χ2v) is 6.39. The van der Waals surface area contributed by atoms with Gasteiger partial charge in [0.2, 0.25) is 5.91 Å². The van der Waals surface area contributed by atoms with E-state index in [0.717, 1.165) is 35.4 Å². The SMILES string of the molecule is COc1ccc(-c2ccccc2NC(=O)N2CCC[C@@H](C(N)=O)C2)cc1. The summed E-state index contributed by atoms with van der Waals surface area (Å²) >= 11 is 0. The number of para-hydroxylation sites is 1. The van der Waals surface area contributed by atoms with Gasteiger partial charge in [-0.15, -0.1) is 0 Å². The second kappa shape index (κ2) is 7.91. The summed E-state index contributed by atoms with van der Waals surface area (Å²) in [7, 11) is 1.63. The number of carbonyl (C=O) groups is 2. The van der Waals surface area contributed by atoms with Crippen molar-refractivity contribution in [3.8, 4) is 16.9 Å². The van der Waals surface area contributed by atoms with Crippen molar-refractivity contribution >= 4 is 17.6 Å². The van der Waals surface area contributed by atoms with Crippen LogP contribution in [0.3, 0.4) is 0 Å². The molecule has 0 radical (unpaired) electrons. The van der Waals surface area contributed by atoms with E-state index in [4.69, 9.17) is 10.5 Å². The molecule has 0 bridgehead atoms. The van der Waals surface area contributed by atoms with Crippen molar-refractivity contribution in [2.45, 2.75) is 12.8 Å². The van der Waals surface area contributed by atoms with Crippen LogP contribution in [0.5, 0.6) is 5.75 Å². The van der Waals surface area contributed by atoms with Crippen LogP contribution in [0.4, 0.5) is 10.5 Å². The molecule has 1 aliphatic heterocycles. The van der Waals surface area contributed by atoms with Gasteiger partial charge < -0.3 is 20.7 Å². The van der Waals surface area contributed by atoms with Crippen LogP contribution in [-0.2, 0) is 4.79 Å². The molecule has 3 amide bonds. The third-order valence-corrected chi connectivity index (χ3v) is 4.68. The lowest BCUT2D eigenvalue weighted by molar-refractivity contribution is -0.123. The number of nitrogens with zero attached hydrogens (tertiary/aromatic N) is 1. The Morgan fingerprint density at radius 2 is 1.88 bits per heavy atom. The molecule has 6 nitrogen and oxygen atoms in total. The lowest BCUT2D eigenvalue weighted by Gasteiger charge is -2.31. The summed E-state index contributed by atoms with van der Waals surface area (Å²) in [5.41, 5.74) is 8.03. The Bertz CT molecular complexity index is 789. The maximum atomic E-state index is 12.7. The first-order valence-corrected chi connectivity index (χ1v) is 8.67. The Labute approximate surface area is 152 Å². The maximum Gasteiger partial charge on any atom is 0.321 e. The van der Waals surface area contributed by atoms with Gasteiger partial charge >= 0.3 is 6.03 Å². The number of piperidine rings is 1. The third kappa shape index (κ3) is 3.96. The van der Waals surface area contributed by atoms with E-state index in [0.29, 0.717) is 13.1 Å². The number of hydrogen-bond acceptors (Lipinski definition) is 3. The van der Waals surface area contributed by atoms with Crippen LogP contribution in [0, 0.1) is 5.92 Å². The number of methoxy groups -OCH3 is 1. The predicted octanol–water partition coefficient (Wildman–Crippen LogP) is 3.09. The Kier molecular flexibility index (Phi) is 5.41. The molecule has 136 valence electrons. The number of nitrogens with two attached hydrogens (primary N) is 1. The van der Waals surface area contributed by atoms with Crippen LogP contribution in [0.25, 0.3) is 11.1 Å². The molecular weight excluding hydrogens is 330 g/mol.